The number of hydrogen-bond acceptors (Lipinski definition) is 5. The van der Waals surface area contributed by atoms with Gasteiger partial charge in [0, 0.05) is 38.4 Å². The third-order valence-corrected chi connectivity index (χ3v) is 4.67. The SMILES string of the molecule is COc1ccc(N2CCCN(CCOc3cccc(C#N)c3)CC2)cc1. The van der Waals surface area contributed by atoms with E-state index in [9.17, 15) is 0 Å². The standard InChI is InChI=1S/C21H25N3O2/c1-25-20-8-6-19(7-9-20)24-11-3-10-23(12-13-24)14-15-26-21-5-2-4-18(16-21)17-22/h2,4-9,16H,3,10-15H2,1H3. The molecular weight excluding hydrogens is 326 g/mol. The first-order valence-corrected chi connectivity index (χ1v) is 9.03. The molecule has 0 aliphatic carbocycles. The van der Waals surface area contributed by atoms with Gasteiger partial charge in [0.15, 0.2) is 0 Å². The van der Waals surface area contributed by atoms with Crippen molar-refractivity contribution in [1.82, 2.24) is 4.90 Å². The van der Waals surface area contributed by atoms with Crippen molar-refractivity contribution in [3.05, 3.63) is 54.1 Å². The molecule has 0 atom stereocenters. The first kappa shape index (κ1) is 18.1. The van der Waals surface area contributed by atoms with E-state index in [0.29, 0.717) is 12.2 Å². The zero-order valence-electron chi connectivity index (χ0n) is 15.2. The molecule has 5 heteroatoms. The summed E-state index contributed by atoms with van der Waals surface area (Å²) in [5.41, 5.74) is 1.88. The fourth-order valence-electron chi connectivity index (χ4n) is 3.19. The lowest BCUT2D eigenvalue weighted by Gasteiger charge is -2.24. The van der Waals surface area contributed by atoms with Crippen molar-refractivity contribution in [2.45, 2.75) is 6.42 Å². The van der Waals surface area contributed by atoms with Crippen LogP contribution in [0.25, 0.3) is 0 Å². The molecule has 1 aliphatic heterocycles. The van der Waals surface area contributed by atoms with Crippen molar-refractivity contribution in [2.75, 3.05) is 51.3 Å². The van der Waals surface area contributed by atoms with Crippen LogP contribution in [0.15, 0.2) is 48.5 Å². The molecule has 0 spiro atoms. The topological polar surface area (TPSA) is 48.7 Å². The first-order valence-electron chi connectivity index (χ1n) is 9.03. The highest BCUT2D eigenvalue weighted by Gasteiger charge is 2.15. The molecule has 2 aromatic carbocycles. The molecule has 0 radical (unpaired) electrons. The van der Waals surface area contributed by atoms with Crippen molar-refractivity contribution in [3.8, 4) is 17.6 Å². The number of hydrogen-bond donors (Lipinski definition) is 0. The number of nitrogens with zero attached hydrogens (tertiary/aromatic N) is 3. The van der Waals surface area contributed by atoms with Crippen LogP contribution >= 0.6 is 0 Å². The maximum Gasteiger partial charge on any atom is 0.120 e. The largest absolute Gasteiger partial charge is 0.497 e. The summed E-state index contributed by atoms with van der Waals surface area (Å²) in [6, 6.07) is 17.7. The second-order valence-electron chi connectivity index (χ2n) is 6.37. The van der Waals surface area contributed by atoms with E-state index >= 15 is 0 Å². The molecule has 1 saturated heterocycles. The Balaban J connectivity index is 1.46. The van der Waals surface area contributed by atoms with E-state index in [0.717, 1.165) is 50.6 Å². The van der Waals surface area contributed by atoms with Crippen molar-refractivity contribution in [1.29, 1.82) is 5.26 Å². The number of methoxy groups -OCH3 is 1. The summed E-state index contributed by atoms with van der Waals surface area (Å²) in [6.45, 7) is 5.71. The minimum atomic E-state index is 0.632. The average Bonchev–Trinajstić information content (AvgIpc) is 2.94. The lowest BCUT2D eigenvalue weighted by atomic mass is 10.2. The molecule has 0 saturated carbocycles. The molecule has 0 unspecified atom stereocenters. The highest BCUT2D eigenvalue weighted by molar-refractivity contribution is 5.49. The molecule has 1 aliphatic rings. The monoisotopic (exact) mass is 351 g/mol. The minimum absolute atomic E-state index is 0.632. The van der Waals surface area contributed by atoms with Gasteiger partial charge in [0.2, 0.25) is 0 Å². The van der Waals surface area contributed by atoms with Gasteiger partial charge in [-0.3, -0.25) is 4.90 Å². The molecule has 26 heavy (non-hydrogen) atoms. The van der Waals surface area contributed by atoms with Gasteiger partial charge < -0.3 is 14.4 Å². The van der Waals surface area contributed by atoms with Crippen LogP contribution in [0.5, 0.6) is 11.5 Å². The van der Waals surface area contributed by atoms with Crippen LogP contribution in [0.1, 0.15) is 12.0 Å². The molecule has 0 N–H and O–H groups in total. The van der Waals surface area contributed by atoms with E-state index in [1.54, 1.807) is 19.2 Å². The first-order chi connectivity index (χ1) is 12.8. The van der Waals surface area contributed by atoms with E-state index in [2.05, 4.69) is 28.0 Å². The summed E-state index contributed by atoms with van der Waals surface area (Å²) in [7, 11) is 1.69. The average molecular weight is 351 g/mol. The van der Waals surface area contributed by atoms with Crippen molar-refractivity contribution in [3.63, 3.8) is 0 Å². The van der Waals surface area contributed by atoms with E-state index in [-0.39, 0.29) is 0 Å². The normalized spacial score (nSPS) is 15.2. The van der Waals surface area contributed by atoms with Crippen molar-refractivity contribution < 1.29 is 9.47 Å². The zero-order chi connectivity index (χ0) is 18.2. The molecule has 2 aromatic rings. The van der Waals surface area contributed by atoms with Gasteiger partial charge in [0.05, 0.1) is 18.7 Å². The predicted octanol–water partition coefficient (Wildman–Crippen LogP) is 3.16. The predicted molar refractivity (Wildman–Crippen MR) is 103 cm³/mol. The van der Waals surface area contributed by atoms with Crippen LogP contribution < -0.4 is 14.4 Å². The van der Waals surface area contributed by atoms with Gasteiger partial charge >= 0.3 is 0 Å². The minimum Gasteiger partial charge on any atom is -0.497 e. The Labute approximate surface area is 155 Å². The van der Waals surface area contributed by atoms with Gasteiger partial charge in [-0.2, -0.15) is 5.26 Å². The summed E-state index contributed by atoms with van der Waals surface area (Å²) in [4.78, 5) is 4.87. The Kier molecular flexibility index (Phi) is 6.34. The molecule has 0 aromatic heterocycles. The highest BCUT2D eigenvalue weighted by Crippen LogP contribution is 2.20. The number of rotatable bonds is 6. The third-order valence-electron chi connectivity index (χ3n) is 4.67. The lowest BCUT2D eigenvalue weighted by molar-refractivity contribution is 0.218. The van der Waals surface area contributed by atoms with Crippen molar-refractivity contribution in [2.24, 2.45) is 0 Å². The quantitative estimate of drug-likeness (QED) is 0.800. The van der Waals surface area contributed by atoms with E-state index in [1.165, 1.54) is 5.69 Å². The molecule has 136 valence electrons. The second-order valence-corrected chi connectivity index (χ2v) is 6.37. The summed E-state index contributed by atoms with van der Waals surface area (Å²) >= 11 is 0. The van der Waals surface area contributed by atoms with Gasteiger partial charge in [-0.1, -0.05) is 6.07 Å². The van der Waals surface area contributed by atoms with Gasteiger partial charge in [-0.15, -0.1) is 0 Å². The fraction of sp³-hybridized carbons (Fsp3) is 0.381. The molecule has 0 bridgehead atoms. The van der Waals surface area contributed by atoms with Crippen LogP contribution in [0.3, 0.4) is 0 Å². The Hall–Kier alpha value is -2.71. The summed E-state index contributed by atoms with van der Waals surface area (Å²) < 4.78 is 11.0. The molecule has 1 heterocycles. The summed E-state index contributed by atoms with van der Waals surface area (Å²) in [6.07, 6.45) is 1.13. The van der Waals surface area contributed by atoms with Crippen LogP contribution in [0.2, 0.25) is 0 Å². The van der Waals surface area contributed by atoms with Gasteiger partial charge in [-0.25, -0.2) is 0 Å². The van der Waals surface area contributed by atoms with E-state index in [1.807, 2.05) is 24.3 Å². The number of anilines is 1. The maximum atomic E-state index is 8.95. The highest BCUT2D eigenvalue weighted by atomic mass is 16.5. The van der Waals surface area contributed by atoms with Gasteiger partial charge in [0.1, 0.15) is 18.1 Å². The van der Waals surface area contributed by atoms with E-state index in [4.69, 9.17) is 14.7 Å². The van der Waals surface area contributed by atoms with Gasteiger partial charge in [-0.05, 0) is 48.9 Å². The lowest BCUT2D eigenvalue weighted by Crippen LogP contribution is -2.33. The summed E-state index contributed by atoms with van der Waals surface area (Å²) in [5, 5.41) is 8.95. The smallest absolute Gasteiger partial charge is 0.120 e. The summed E-state index contributed by atoms with van der Waals surface area (Å²) in [5.74, 6) is 1.65. The van der Waals surface area contributed by atoms with Crippen LogP contribution in [-0.4, -0.2) is 51.3 Å². The second kappa shape index (κ2) is 9.12. The van der Waals surface area contributed by atoms with Gasteiger partial charge in [0.25, 0.3) is 0 Å². The van der Waals surface area contributed by atoms with E-state index < -0.39 is 0 Å². The molecule has 3 rings (SSSR count). The molecule has 0 amide bonds. The Bertz CT molecular complexity index is 740. The molecule has 5 nitrogen and oxygen atoms in total. The van der Waals surface area contributed by atoms with Crippen LogP contribution in [0.4, 0.5) is 5.69 Å². The number of benzene rings is 2. The maximum absolute atomic E-state index is 8.95. The molecular formula is C21H25N3O2. The Morgan fingerprint density at radius 1 is 1.00 bits per heavy atom. The fourth-order valence-corrected chi connectivity index (χ4v) is 3.19. The Morgan fingerprint density at radius 3 is 2.62 bits per heavy atom. The van der Waals surface area contributed by atoms with Crippen LogP contribution in [0, 0.1) is 11.3 Å². The molecule has 1 fully saturated rings. The number of nitriles is 1. The number of ether oxygens (including phenoxy) is 2. The zero-order valence-corrected chi connectivity index (χ0v) is 15.2. The van der Waals surface area contributed by atoms with Crippen molar-refractivity contribution >= 4 is 5.69 Å². The Morgan fingerprint density at radius 2 is 1.85 bits per heavy atom. The third kappa shape index (κ3) is 4.90. The van der Waals surface area contributed by atoms with Crippen LogP contribution in [-0.2, 0) is 0 Å².